The SMILES string of the molecule is COc1ccc(C2CC2C(=O)O)c(OC)c1. The highest BCUT2D eigenvalue weighted by atomic mass is 16.5. The van der Waals surface area contributed by atoms with Gasteiger partial charge in [-0.05, 0) is 18.1 Å². The van der Waals surface area contributed by atoms with E-state index in [4.69, 9.17) is 14.6 Å². The predicted octanol–water partition coefficient (Wildman–Crippen LogP) is 1.89. The largest absolute Gasteiger partial charge is 0.497 e. The van der Waals surface area contributed by atoms with E-state index in [1.165, 1.54) is 0 Å². The molecule has 0 radical (unpaired) electrons. The van der Waals surface area contributed by atoms with E-state index in [0.29, 0.717) is 17.9 Å². The summed E-state index contributed by atoms with van der Waals surface area (Å²) >= 11 is 0. The Kier molecular flexibility index (Phi) is 2.73. The molecule has 1 aromatic carbocycles. The minimum atomic E-state index is -0.733. The van der Waals surface area contributed by atoms with Gasteiger partial charge in [-0.25, -0.2) is 0 Å². The Morgan fingerprint density at radius 1 is 1.38 bits per heavy atom. The molecule has 4 nitrogen and oxygen atoms in total. The van der Waals surface area contributed by atoms with Crippen LogP contribution in [0.1, 0.15) is 17.9 Å². The van der Waals surface area contributed by atoms with Crippen molar-refractivity contribution >= 4 is 5.97 Å². The van der Waals surface area contributed by atoms with Crippen LogP contribution in [0.15, 0.2) is 18.2 Å². The number of hydrogen-bond donors (Lipinski definition) is 1. The van der Waals surface area contributed by atoms with Crippen molar-refractivity contribution in [2.75, 3.05) is 14.2 Å². The topological polar surface area (TPSA) is 55.8 Å². The normalized spacial score (nSPS) is 22.6. The Morgan fingerprint density at radius 2 is 2.12 bits per heavy atom. The number of carboxylic acids is 1. The first-order valence-corrected chi connectivity index (χ1v) is 5.12. The molecule has 0 spiro atoms. The Balaban J connectivity index is 2.25. The molecule has 2 unspecified atom stereocenters. The quantitative estimate of drug-likeness (QED) is 0.845. The van der Waals surface area contributed by atoms with E-state index in [2.05, 4.69) is 0 Å². The molecule has 4 heteroatoms. The highest BCUT2D eigenvalue weighted by Crippen LogP contribution is 2.50. The molecule has 0 aliphatic heterocycles. The van der Waals surface area contributed by atoms with Crippen LogP contribution >= 0.6 is 0 Å². The minimum Gasteiger partial charge on any atom is -0.497 e. The van der Waals surface area contributed by atoms with Crippen molar-refractivity contribution in [1.29, 1.82) is 0 Å². The molecular formula is C12H14O4. The Hall–Kier alpha value is -1.71. The number of hydrogen-bond acceptors (Lipinski definition) is 3. The minimum absolute atomic E-state index is 0.0818. The number of benzene rings is 1. The fourth-order valence-corrected chi connectivity index (χ4v) is 1.94. The van der Waals surface area contributed by atoms with Crippen LogP contribution in [0.2, 0.25) is 0 Å². The summed E-state index contributed by atoms with van der Waals surface area (Å²) in [5, 5.41) is 8.88. The van der Waals surface area contributed by atoms with Gasteiger partial charge in [-0.2, -0.15) is 0 Å². The number of aliphatic carboxylic acids is 1. The maximum absolute atomic E-state index is 10.8. The number of methoxy groups -OCH3 is 2. The smallest absolute Gasteiger partial charge is 0.307 e. The molecule has 0 heterocycles. The molecule has 1 fully saturated rings. The molecule has 16 heavy (non-hydrogen) atoms. The summed E-state index contributed by atoms with van der Waals surface area (Å²) < 4.78 is 10.3. The lowest BCUT2D eigenvalue weighted by atomic mass is 10.1. The van der Waals surface area contributed by atoms with E-state index in [9.17, 15) is 4.79 Å². The van der Waals surface area contributed by atoms with Crippen molar-refractivity contribution < 1.29 is 19.4 Å². The van der Waals surface area contributed by atoms with Gasteiger partial charge in [-0.1, -0.05) is 6.07 Å². The van der Waals surface area contributed by atoms with Gasteiger partial charge in [-0.3, -0.25) is 4.79 Å². The van der Waals surface area contributed by atoms with Gasteiger partial charge in [0.15, 0.2) is 0 Å². The molecule has 0 saturated heterocycles. The van der Waals surface area contributed by atoms with Crippen LogP contribution in [0.4, 0.5) is 0 Å². The van der Waals surface area contributed by atoms with Crippen molar-refractivity contribution in [3.63, 3.8) is 0 Å². The van der Waals surface area contributed by atoms with Crippen LogP contribution in [-0.2, 0) is 4.79 Å². The first-order chi connectivity index (χ1) is 7.67. The van der Waals surface area contributed by atoms with Crippen LogP contribution in [0.25, 0.3) is 0 Å². The van der Waals surface area contributed by atoms with Gasteiger partial charge < -0.3 is 14.6 Å². The monoisotopic (exact) mass is 222 g/mol. The average molecular weight is 222 g/mol. The summed E-state index contributed by atoms with van der Waals surface area (Å²) in [6, 6.07) is 5.49. The van der Waals surface area contributed by atoms with Crippen molar-refractivity contribution in [2.45, 2.75) is 12.3 Å². The van der Waals surface area contributed by atoms with Crippen LogP contribution in [-0.4, -0.2) is 25.3 Å². The van der Waals surface area contributed by atoms with Crippen molar-refractivity contribution in [1.82, 2.24) is 0 Å². The summed E-state index contributed by atoms with van der Waals surface area (Å²) in [4.78, 5) is 10.8. The van der Waals surface area contributed by atoms with Gasteiger partial charge in [0.2, 0.25) is 0 Å². The molecule has 1 aromatic rings. The van der Waals surface area contributed by atoms with Crippen LogP contribution in [0.5, 0.6) is 11.5 Å². The van der Waals surface area contributed by atoms with Gasteiger partial charge in [0.05, 0.1) is 20.1 Å². The lowest BCUT2D eigenvalue weighted by Crippen LogP contribution is -2.00. The molecule has 2 atom stereocenters. The summed E-state index contributed by atoms with van der Waals surface area (Å²) in [5.41, 5.74) is 0.954. The van der Waals surface area contributed by atoms with Crippen LogP contribution in [0, 0.1) is 5.92 Å². The zero-order valence-electron chi connectivity index (χ0n) is 9.27. The summed E-state index contributed by atoms with van der Waals surface area (Å²) in [6.45, 7) is 0. The lowest BCUT2D eigenvalue weighted by molar-refractivity contribution is -0.138. The Morgan fingerprint density at radius 3 is 2.62 bits per heavy atom. The molecule has 0 aromatic heterocycles. The van der Waals surface area contributed by atoms with Gasteiger partial charge in [0.25, 0.3) is 0 Å². The molecule has 1 N–H and O–H groups in total. The molecule has 1 aliphatic carbocycles. The van der Waals surface area contributed by atoms with E-state index in [-0.39, 0.29) is 11.8 Å². The van der Waals surface area contributed by atoms with Crippen molar-refractivity contribution in [3.8, 4) is 11.5 Å². The summed E-state index contributed by atoms with van der Waals surface area (Å²) in [6.07, 6.45) is 0.692. The van der Waals surface area contributed by atoms with Gasteiger partial charge in [-0.15, -0.1) is 0 Å². The van der Waals surface area contributed by atoms with E-state index in [1.54, 1.807) is 20.3 Å². The van der Waals surface area contributed by atoms with Gasteiger partial charge in [0.1, 0.15) is 11.5 Å². The van der Waals surface area contributed by atoms with Crippen molar-refractivity contribution in [3.05, 3.63) is 23.8 Å². The summed E-state index contributed by atoms with van der Waals surface area (Å²) in [7, 11) is 3.17. The number of ether oxygens (including phenoxy) is 2. The second-order valence-corrected chi connectivity index (χ2v) is 3.89. The van der Waals surface area contributed by atoms with Crippen LogP contribution in [0.3, 0.4) is 0 Å². The van der Waals surface area contributed by atoms with E-state index in [0.717, 1.165) is 5.56 Å². The number of rotatable bonds is 4. The van der Waals surface area contributed by atoms with Gasteiger partial charge in [0, 0.05) is 12.0 Å². The van der Waals surface area contributed by atoms with Gasteiger partial charge >= 0.3 is 5.97 Å². The maximum atomic E-state index is 10.8. The van der Waals surface area contributed by atoms with Crippen LogP contribution < -0.4 is 9.47 Å². The zero-order valence-corrected chi connectivity index (χ0v) is 9.27. The first-order valence-electron chi connectivity index (χ1n) is 5.12. The number of carboxylic acid groups (broad SMARTS) is 1. The molecular weight excluding hydrogens is 208 g/mol. The zero-order chi connectivity index (χ0) is 11.7. The molecule has 0 amide bonds. The highest BCUT2D eigenvalue weighted by molar-refractivity contribution is 5.75. The molecule has 2 rings (SSSR count). The maximum Gasteiger partial charge on any atom is 0.307 e. The second kappa shape index (κ2) is 4.04. The van der Waals surface area contributed by atoms with E-state index in [1.807, 2.05) is 12.1 Å². The second-order valence-electron chi connectivity index (χ2n) is 3.89. The fourth-order valence-electron chi connectivity index (χ4n) is 1.94. The van der Waals surface area contributed by atoms with E-state index >= 15 is 0 Å². The summed E-state index contributed by atoms with van der Waals surface area (Å²) in [5.74, 6) is 0.504. The fraction of sp³-hybridized carbons (Fsp3) is 0.417. The Labute approximate surface area is 93.8 Å². The number of carbonyl (C=O) groups is 1. The third-order valence-electron chi connectivity index (χ3n) is 2.95. The first kappa shape index (κ1) is 10.8. The predicted molar refractivity (Wildman–Crippen MR) is 58.0 cm³/mol. The van der Waals surface area contributed by atoms with Crippen molar-refractivity contribution in [2.24, 2.45) is 5.92 Å². The molecule has 86 valence electrons. The third-order valence-corrected chi connectivity index (χ3v) is 2.95. The average Bonchev–Trinajstić information content (AvgIpc) is 3.08. The molecule has 1 aliphatic rings. The Bertz CT molecular complexity index is 413. The lowest BCUT2D eigenvalue weighted by Gasteiger charge is -2.09. The standard InChI is InChI=1S/C12H14O4/c1-15-7-3-4-8(11(5-7)16-2)9-6-10(9)12(13)14/h3-5,9-10H,6H2,1-2H3,(H,13,14). The van der Waals surface area contributed by atoms with E-state index < -0.39 is 5.97 Å². The highest BCUT2D eigenvalue weighted by Gasteiger charge is 2.45. The molecule has 1 saturated carbocycles. The third kappa shape index (κ3) is 1.83. The molecule has 0 bridgehead atoms.